The predicted molar refractivity (Wildman–Crippen MR) is 98.5 cm³/mol. The summed E-state index contributed by atoms with van der Waals surface area (Å²) in [5.74, 6) is -1.68. The van der Waals surface area contributed by atoms with Crippen molar-refractivity contribution in [3.63, 3.8) is 0 Å². The number of carbonyl (C=O) groups is 3. The van der Waals surface area contributed by atoms with Crippen LogP contribution in [0.2, 0.25) is 0 Å². The molecule has 26 heavy (non-hydrogen) atoms. The first-order valence-electron chi connectivity index (χ1n) is 9.34. The number of nitrogens with one attached hydrogen (secondary N) is 2. The molecule has 0 heterocycles. The van der Waals surface area contributed by atoms with Crippen molar-refractivity contribution in [1.82, 2.24) is 10.6 Å². The van der Waals surface area contributed by atoms with Gasteiger partial charge in [0.25, 0.3) is 0 Å². The number of carboxylic acids is 1. The zero-order valence-electron chi connectivity index (χ0n) is 15.1. The monoisotopic (exact) mass is 360 g/mol. The summed E-state index contributed by atoms with van der Waals surface area (Å²) in [5.41, 5.74) is 0.912. The number of carboxylic acid groups (broad SMARTS) is 1. The average Bonchev–Trinajstić information content (AvgIpc) is 2.65. The molecule has 0 bridgehead atoms. The van der Waals surface area contributed by atoms with Crippen molar-refractivity contribution in [3.05, 3.63) is 35.9 Å². The highest BCUT2D eigenvalue weighted by molar-refractivity contribution is 5.85. The number of rotatable bonds is 9. The van der Waals surface area contributed by atoms with E-state index in [1.165, 1.54) is 19.3 Å². The number of hydrogen-bond donors (Lipinski definition) is 3. The minimum atomic E-state index is -0.949. The molecule has 1 fully saturated rings. The summed E-state index contributed by atoms with van der Waals surface area (Å²) < 4.78 is 0. The van der Waals surface area contributed by atoms with E-state index in [-0.39, 0.29) is 24.9 Å². The van der Waals surface area contributed by atoms with E-state index in [0.29, 0.717) is 18.8 Å². The Morgan fingerprint density at radius 2 is 1.69 bits per heavy atom. The maximum absolute atomic E-state index is 11.9. The topological polar surface area (TPSA) is 95.5 Å². The van der Waals surface area contributed by atoms with Crippen LogP contribution in [-0.2, 0) is 20.8 Å². The lowest BCUT2D eigenvalue weighted by Crippen LogP contribution is -2.41. The highest BCUT2D eigenvalue weighted by atomic mass is 16.4. The van der Waals surface area contributed by atoms with Gasteiger partial charge in [-0.1, -0.05) is 49.6 Å². The molecule has 0 saturated heterocycles. The molecule has 1 atom stereocenters. The van der Waals surface area contributed by atoms with Crippen LogP contribution in [0.4, 0.5) is 0 Å². The van der Waals surface area contributed by atoms with E-state index in [2.05, 4.69) is 10.6 Å². The third-order valence-corrected chi connectivity index (χ3v) is 4.86. The van der Waals surface area contributed by atoms with Gasteiger partial charge in [-0.2, -0.15) is 0 Å². The summed E-state index contributed by atoms with van der Waals surface area (Å²) in [6, 6.07) is 9.31. The molecule has 0 spiro atoms. The highest BCUT2D eigenvalue weighted by Gasteiger charge is 2.20. The molecule has 1 aliphatic rings. The maximum atomic E-state index is 11.9. The van der Waals surface area contributed by atoms with Crippen LogP contribution in [-0.4, -0.2) is 36.0 Å². The van der Waals surface area contributed by atoms with Gasteiger partial charge in [0, 0.05) is 13.0 Å². The Bertz CT molecular complexity index is 597. The fourth-order valence-electron chi connectivity index (χ4n) is 3.35. The van der Waals surface area contributed by atoms with Gasteiger partial charge in [0.1, 0.15) is 0 Å². The molecule has 0 aliphatic heterocycles. The van der Waals surface area contributed by atoms with Gasteiger partial charge in [-0.25, -0.2) is 0 Å². The molecule has 6 heteroatoms. The highest BCUT2D eigenvalue weighted by Crippen LogP contribution is 2.25. The zero-order valence-corrected chi connectivity index (χ0v) is 15.1. The van der Waals surface area contributed by atoms with Crippen molar-refractivity contribution >= 4 is 17.8 Å². The molecule has 3 N–H and O–H groups in total. The summed E-state index contributed by atoms with van der Waals surface area (Å²) in [6.07, 6.45) is 6.59. The first-order valence-corrected chi connectivity index (χ1v) is 9.34. The van der Waals surface area contributed by atoms with Gasteiger partial charge in [-0.3, -0.25) is 14.4 Å². The number of amides is 2. The minimum absolute atomic E-state index is 0.0432. The van der Waals surface area contributed by atoms with E-state index in [0.717, 1.165) is 18.4 Å². The van der Waals surface area contributed by atoms with Gasteiger partial charge in [0.15, 0.2) is 0 Å². The predicted octanol–water partition coefficient (Wildman–Crippen LogP) is 2.13. The van der Waals surface area contributed by atoms with Crippen molar-refractivity contribution < 1.29 is 19.5 Å². The molecule has 6 nitrogen and oxygen atoms in total. The molecule has 1 saturated carbocycles. The van der Waals surface area contributed by atoms with E-state index < -0.39 is 11.9 Å². The number of carbonyl (C=O) groups excluding carboxylic acids is 2. The molecular formula is C20H28N2O4. The van der Waals surface area contributed by atoms with Gasteiger partial charge in [-0.05, 0) is 30.7 Å². The molecule has 2 amide bonds. The minimum Gasteiger partial charge on any atom is -0.481 e. The molecular weight excluding hydrogens is 332 g/mol. The molecule has 1 aliphatic carbocycles. The second-order valence-electron chi connectivity index (χ2n) is 7.01. The first-order chi connectivity index (χ1) is 12.5. The van der Waals surface area contributed by atoms with E-state index in [1.807, 2.05) is 30.3 Å². The second-order valence-corrected chi connectivity index (χ2v) is 7.01. The van der Waals surface area contributed by atoms with Crippen molar-refractivity contribution in [2.24, 2.45) is 11.8 Å². The fourth-order valence-corrected chi connectivity index (χ4v) is 3.35. The number of hydrogen-bond acceptors (Lipinski definition) is 3. The fraction of sp³-hybridized carbons (Fsp3) is 0.550. The summed E-state index contributed by atoms with van der Waals surface area (Å²) in [7, 11) is 0. The Labute approximate surface area is 154 Å². The largest absolute Gasteiger partial charge is 0.481 e. The molecule has 1 unspecified atom stereocenters. The molecule has 0 radical (unpaired) electrons. The second kappa shape index (κ2) is 10.6. The van der Waals surface area contributed by atoms with Crippen molar-refractivity contribution in [2.75, 3.05) is 13.1 Å². The Hall–Kier alpha value is -2.37. The van der Waals surface area contributed by atoms with Crippen molar-refractivity contribution in [2.45, 2.75) is 44.9 Å². The molecule has 1 aromatic rings. The molecule has 2 rings (SSSR count). The van der Waals surface area contributed by atoms with Crippen LogP contribution >= 0.6 is 0 Å². The standard InChI is InChI=1S/C20H28N2O4/c23-18(12-16-9-5-2-6-10-16)22-14-19(24)21-13-17(20(25)26)11-15-7-3-1-4-8-15/h1,3-4,7-8,16-17H,2,5-6,9-14H2,(H,21,24)(H,22,23)(H,25,26). The average molecular weight is 360 g/mol. The normalized spacial score (nSPS) is 15.8. The third kappa shape index (κ3) is 7.25. The summed E-state index contributed by atoms with van der Waals surface area (Å²) >= 11 is 0. The van der Waals surface area contributed by atoms with E-state index in [4.69, 9.17) is 0 Å². The molecule has 0 aromatic heterocycles. The number of benzene rings is 1. The SMILES string of the molecule is O=C(CNC(=O)CC1CCCCC1)NCC(Cc1ccccc1)C(=O)O. The van der Waals surface area contributed by atoms with E-state index in [9.17, 15) is 19.5 Å². The lowest BCUT2D eigenvalue weighted by Gasteiger charge is -2.20. The van der Waals surface area contributed by atoms with Gasteiger partial charge >= 0.3 is 5.97 Å². The molecule has 142 valence electrons. The quantitative estimate of drug-likeness (QED) is 0.629. The summed E-state index contributed by atoms with van der Waals surface area (Å²) in [6.45, 7) is -0.0647. The van der Waals surface area contributed by atoms with Crippen LogP contribution in [0.5, 0.6) is 0 Å². The summed E-state index contributed by atoms with van der Waals surface area (Å²) in [5, 5.41) is 14.6. The smallest absolute Gasteiger partial charge is 0.308 e. The lowest BCUT2D eigenvalue weighted by atomic mass is 9.87. The Morgan fingerprint density at radius 1 is 1.00 bits per heavy atom. The summed E-state index contributed by atoms with van der Waals surface area (Å²) in [4.78, 5) is 35.2. The van der Waals surface area contributed by atoms with Crippen LogP contribution in [0.15, 0.2) is 30.3 Å². The van der Waals surface area contributed by atoms with Gasteiger partial charge in [-0.15, -0.1) is 0 Å². The van der Waals surface area contributed by atoms with Crippen molar-refractivity contribution in [1.29, 1.82) is 0 Å². The van der Waals surface area contributed by atoms with E-state index >= 15 is 0 Å². The Kier molecular flexibility index (Phi) is 8.12. The third-order valence-electron chi connectivity index (χ3n) is 4.86. The van der Waals surface area contributed by atoms with Crippen molar-refractivity contribution in [3.8, 4) is 0 Å². The maximum Gasteiger partial charge on any atom is 0.308 e. The van der Waals surface area contributed by atoms with Crippen LogP contribution in [0, 0.1) is 11.8 Å². The Morgan fingerprint density at radius 3 is 2.35 bits per heavy atom. The number of aliphatic carboxylic acids is 1. The Balaban J connectivity index is 1.68. The van der Waals surface area contributed by atoms with Gasteiger partial charge in [0.2, 0.25) is 11.8 Å². The lowest BCUT2D eigenvalue weighted by molar-refractivity contribution is -0.141. The van der Waals surface area contributed by atoms with Crippen LogP contribution in [0.25, 0.3) is 0 Å². The first kappa shape index (κ1) is 19.9. The van der Waals surface area contributed by atoms with Gasteiger partial charge in [0.05, 0.1) is 12.5 Å². The zero-order chi connectivity index (χ0) is 18.8. The van der Waals surface area contributed by atoms with Gasteiger partial charge < -0.3 is 15.7 Å². The molecule has 1 aromatic carbocycles. The van der Waals surface area contributed by atoms with Crippen LogP contribution in [0.3, 0.4) is 0 Å². The van der Waals surface area contributed by atoms with Crippen LogP contribution in [0.1, 0.15) is 44.1 Å². The van der Waals surface area contributed by atoms with E-state index in [1.54, 1.807) is 0 Å². The van der Waals surface area contributed by atoms with Crippen LogP contribution < -0.4 is 10.6 Å².